The van der Waals surface area contributed by atoms with Gasteiger partial charge in [-0.25, -0.2) is 0 Å². The highest BCUT2D eigenvalue weighted by molar-refractivity contribution is 5.91. The molecule has 1 heteroatoms. The third kappa shape index (κ3) is 4.50. The molecule has 7 fully saturated rings. The second-order valence-corrected chi connectivity index (χ2v) is 21.1. The highest BCUT2D eigenvalue weighted by atomic mass is 15.1. The van der Waals surface area contributed by atoms with Crippen LogP contribution in [0, 0.1) is 29.6 Å². The van der Waals surface area contributed by atoms with Crippen LogP contribution in [0.25, 0.3) is 22.3 Å². The Morgan fingerprint density at radius 2 is 1.11 bits per heavy atom. The van der Waals surface area contributed by atoms with Gasteiger partial charge in [0.05, 0.1) is 0 Å². The van der Waals surface area contributed by atoms with E-state index in [0.29, 0.717) is 5.41 Å². The monoisotopic (exact) mass is 731 g/mol. The van der Waals surface area contributed by atoms with E-state index in [4.69, 9.17) is 0 Å². The Hall–Kier alpha value is -4.10. The van der Waals surface area contributed by atoms with Crippen LogP contribution < -0.4 is 4.90 Å². The van der Waals surface area contributed by atoms with Gasteiger partial charge >= 0.3 is 0 Å². The van der Waals surface area contributed by atoms with Crippen LogP contribution in [0.4, 0.5) is 17.1 Å². The van der Waals surface area contributed by atoms with Crippen LogP contribution in [0.3, 0.4) is 0 Å². The van der Waals surface area contributed by atoms with Gasteiger partial charge in [-0.05, 0) is 216 Å². The highest BCUT2D eigenvalue weighted by Crippen LogP contribution is 2.63. The Labute approximate surface area is 334 Å². The standard InChI is InChI=1S/C55H57N/c1-53(2)50-28-43(19-20-45(50)47-30-52-48(29-51(47)53)44-7-3-4-8-49(44)55(52)21-5-6-22-55)56(41-15-11-38(12-16-41)46-27-34-9-10-39(46)26-34)42-17-13-40(14-18-42)54-31-35-23-36(32-54)25-37(24-35)33-54/h3-4,7-8,11-20,28-30,34-37,39,46H,5-6,9-10,21-27,31-33H2,1-2H3. The van der Waals surface area contributed by atoms with Crippen molar-refractivity contribution in [1.29, 1.82) is 0 Å². The van der Waals surface area contributed by atoms with Crippen LogP contribution in [0.2, 0.25) is 0 Å². The van der Waals surface area contributed by atoms with E-state index >= 15 is 0 Å². The first-order chi connectivity index (χ1) is 27.4. The van der Waals surface area contributed by atoms with Crippen LogP contribution in [-0.4, -0.2) is 0 Å². The first-order valence-electron chi connectivity index (χ1n) is 22.8. The molecule has 9 aliphatic rings. The van der Waals surface area contributed by atoms with Crippen LogP contribution in [0.15, 0.2) is 103 Å². The molecule has 0 N–H and O–H groups in total. The molecule has 3 atom stereocenters. The maximum atomic E-state index is 2.65. The Morgan fingerprint density at radius 1 is 0.500 bits per heavy atom. The van der Waals surface area contributed by atoms with Gasteiger partial charge in [0.1, 0.15) is 0 Å². The second-order valence-electron chi connectivity index (χ2n) is 21.1. The average molecular weight is 732 g/mol. The van der Waals surface area contributed by atoms with Gasteiger partial charge in [0.15, 0.2) is 0 Å². The molecule has 6 bridgehead atoms. The second kappa shape index (κ2) is 11.5. The van der Waals surface area contributed by atoms with Gasteiger partial charge in [-0.1, -0.05) is 87.7 Å². The molecule has 0 radical (unpaired) electrons. The summed E-state index contributed by atoms with van der Waals surface area (Å²) in [6, 6.07) is 42.0. The maximum absolute atomic E-state index is 2.65. The summed E-state index contributed by atoms with van der Waals surface area (Å²) in [5, 5.41) is 0. The van der Waals surface area contributed by atoms with Crippen molar-refractivity contribution in [2.75, 3.05) is 4.90 Å². The summed E-state index contributed by atoms with van der Waals surface area (Å²) in [5.74, 6) is 5.51. The van der Waals surface area contributed by atoms with E-state index in [1.165, 1.54) is 140 Å². The van der Waals surface area contributed by atoms with Gasteiger partial charge in [-0.2, -0.15) is 0 Å². The molecule has 9 aliphatic carbocycles. The van der Waals surface area contributed by atoms with Crippen LogP contribution in [-0.2, 0) is 16.2 Å². The molecule has 3 unspecified atom stereocenters. The van der Waals surface area contributed by atoms with Crippen molar-refractivity contribution in [3.8, 4) is 22.3 Å². The lowest BCUT2D eigenvalue weighted by Gasteiger charge is -2.57. The van der Waals surface area contributed by atoms with Gasteiger partial charge < -0.3 is 4.90 Å². The van der Waals surface area contributed by atoms with Crippen molar-refractivity contribution < 1.29 is 0 Å². The molecule has 56 heavy (non-hydrogen) atoms. The first-order valence-corrected chi connectivity index (χ1v) is 22.8. The molecule has 5 aromatic rings. The minimum atomic E-state index is -0.0875. The lowest BCUT2D eigenvalue weighted by molar-refractivity contribution is -0.00518. The van der Waals surface area contributed by atoms with Crippen LogP contribution in [0.1, 0.15) is 143 Å². The quantitative estimate of drug-likeness (QED) is 0.174. The smallest absolute Gasteiger partial charge is 0.0465 e. The van der Waals surface area contributed by atoms with Crippen LogP contribution in [0.5, 0.6) is 0 Å². The largest absolute Gasteiger partial charge is 0.310 e. The van der Waals surface area contributed by atoms with Crippen molar-refractivity contribution >= 4 is 17.1 Å². The number of fused-ring (bicyclic) bond motifs is 10. The predicted octanol–water partition coefficient (Wildman–Crippen LogP) is 14.7. The normalized spacial score (nSPS) is 31.5. The summed E-state index contributed by atoms with van der Waals surface area (Å²) in [4.78, 5) is 2.58. The average Bonchev–Trinajstić information content (AvgIpc) is 4.06. The van der Waals surface area contributed by atoms with Crippen molar-refractivity contribution in [3.63, 3.8) is 0 Å². The van der Waals surface area contributed by atoms with Crippen molar-refractivity contribution in [1.82, 2.24) is 0 Å². The number of nitrogens with zero attached hydrogens (tertiary/aromatic N) is 1. The summed E-state index contributed by atoms with van der Waals surface area (Å²) in [7, 11) is 0. The fraction of sp³-hybridized carbons (Fsp3) is 0.455. The fourth-order valence-corrected chi connectivity index (χ4v) is 15.7. The molecule has 14 rings (SSSR count). The van der Waals surface area contributed by atoms with E-state index in [9.17, 15) is 0 Å². The van der Waals surface area contributed by atoms with Gasteiger partial charge in [-0.15, -0.1) is 0 Å². The Morgan fingerprint density at radius 3 is 1.79 bits per heavy atom. The summed E-state index contributed by atoms with van der Waals surface area (Å²) < 4.78 is 0. The predicted molar refractivity (Wildman–Crippen MR) is 231 cm³/mol. The molecule has 0 amide bonds. The molecular weight excluding hydrogens is 675 g/mol. The van der Waals surface area contributed by atoms with E-state index in [0.717, 1.165) is 35.5 Å². The van der Waals surface area contributed by atoms with Crippen molar-refractivity contribution in [2.24, 2.45) is 29.6 Å². The third-order valence-corrected chi connectivity index (χ3v) is 17.9. The molecule has 1 nitrogen and oxygen atoms in total. The van der Waals surface area contributed by atoms with E-state index in [2.05, 4.69) is 122 Å². The van der Waals surface area contributed by atoms with Crippen molar-refractivity contribution in [2.45, 2.75) is 126 Å². The number of benzene rings is 5. The van der Waals surface area contributed by atoms with Crippen LogP contribution >= 0.6 is 0 Å². The minimum absolute atomic E-state index is 0.0875. The number of hydrogen-bond donors (Lipinski definition) is 0. The molecule has 5 aromatic carbocycles. The van der Waals surface area contributed by atoms with Gasteiger partial charge in [0.2, 0.25) is 0 Å². The molecule has 1 spiro atoms. The molecule has 0 aromatic heterocycles. The maximum Gasteiger partial charge on any atom is 0.0465 e. The van der Waals surface area contributed by atoms with E-state index in [-0.39, 0.29) is 10.8 Å². The van der Waals surface area contributed by atoms with E-state index in [1.54, 1.807) is 22.3 Å². The van der Waals surface area contributed by atoms with E-state index in [1.807, 2.05) is 0 Å². The highest BCUT2D eigenvalue weighted by Gasteiger charge is 2.52. The lowest BCUT2D eigenvalue weighted by Crippen LogP contribution is -2.48. The summed E-state index contributed by atoms with van der Waals surface area (Å²) >= 11 is 0. The zero-order valence-corrected chi connectivity index (χ0v) is 33.6. The number of rotatable bonds is 5. The topological polar surface area (TPSA) is 3.24 Å². The number of hydrogen-bond acceptors (Lipinski definition) is 1. The Kier molecular flexibility index (Phi) is 6.77. The van der Waals surface area contributed by atoms with Crippen molar-refractivity contribution in [3.05, 3.63) is 137 Å². The molecule has 0 saturated heterocycles. The Balaban J connectivity index is 0.909. The zero-order chi connectivity index (χ0) is 37.0. The molecule has 0 heterocycles. The third-order valence-electron chi connectivity index (χ3n) is 17.9. The first kappa shape index (κ1) is 32.9. The molecule has 7 saturated carbocycles. The number of anilines is 3. The van der Waals surface area contributed by atoms with E-state index < -0.39 is 0 Å². The van der Waals surface area contributed by atoms with Gasteiger partial charge in [-0.3, -0.25) is 0 Å². The summed E-state index contributed by atoms with van der Waals surface area (Å²) in [6.07, 6.45) is 19.7. The lowest BCUT2D eigenvalue weighted by atomic mass is 9.48. The summed E-state index contributed by atoms with van der Waals surface area (Å²) in [5.41, 5.74) is 19.6. The molecule has 282 valence electrons. The van der Waals surface area contributed by atoms with Gasteiger partial charge in [0, 0.05) is 27.9 Å². The fourth-order valence-electron chi connectivity index (χ4n) is 15.7. The van der Waals surface area contributed by atoms with Gasteiger partial charge in [0.25, 0.3) is 0 Å². The molecule has 0 aliphatic heterocycles. The molecular formula is C55H57N. The minimum Gasteiger partial charge on any atom is -0.310 e. The Bertz CT molecular complexity index is 2370. The zero-order valence-electron chi connectivity index (χ0n) is 33.6. The SMILES string of the molecule is CC1(C)c2cc(N(c3ccc(C4CC5CCC4C5)cc3)c3ccc(C45CC6CC(CC(C6)C4)C5)cc3)ccc2-c2cc3c(cc21)-c1ccccc1C31CCCC1. The summed E-state index contributed by atoms with van der Waals surface area (Å²) in [6.45, 7) is 4.96.